The van der Waals surface area contributed by atoms with Gasteiger partial charge < -0.3 is 4.57 Å². The van der Waals surface area contributed by atoms with Crippen LogP contribution in [-0.4, -0.2) is 14.5 Å². The van der Waals surface area contributed by atoms with Gasteiger partial charge >= 0.3 is 0 Å². The van der Waals surface area contributed by atoms with Crippen molar-refractivity contribution in [3.05, 3.63) is 41.7 Å². The molecule has 3 nitrogen and oxygen atoms in total. The van der Waals surface area contributed by atoms with Crippen molar-refractivity contribution in [1.29, 1.82) is 0 Å². The Bertz CT molecular complexity index is 476. The molecule has 2 aromatic rings. The van der Waals surface area contributed by atoms with E-state index in [9.17, 15) is 0 Å². The van der Waals surface area contributed by atoms with Crippen molar-refractivity contribution in [3.8, 4) is 5.69 Å². The van der Waals surface area contributed by atoms with E-state index in [1.54, 1.807) is 6.20 Å². The molecule has 0 unspecified atom stereocenters. The fourth-order valence-corrected chi connectivity index (χ4v) is 1.59. The quantitative estimate of drug-likeness (QED) is 0.730. The molecular formula is C11H12ClN3. The molecule has 0 fully saturated rings. The van der Waals surface area contributed by atoms with Crippen molar-refractivity contribution >= 4 is 11.6 Å². The average molecular weight is 222 g/mol. The Hall–Kier alpha value is -1.35. The van der Waals surface area contributed by atoms with Crippen LogP contribution in [0.3, 0.4) is 0 Å². The van der Waals surface area contributed by atoms with Crippen LogP contribution in [0.2, 0.25) is 0 Å². The van der Waals surface area contributed by atoms with Gasteiger partial charge in [0.05, 0.1) is 29.3 Å². The van der Waals surface area contributed by atoms with Gasteiger partial charge in [-0.25, -0.2) is 4.98 Å². The minimum absolute atomic E-state index is 0.431. The standard InChI is InChI=1S/C11H12ClN3/c1-8-9(2)15(7-14-8)11-3-4-13-10(5-11)6-12/h3-5,7H,6H2,1-2H3. The lowest BCUT2D eigenvalue weighted by molar-refractivity contribution is 0.985. The highest BCUT2D eigenvalue weighted by molar-refractivity contribution is 6.16. The summed E-state index contributed by atoms with van der Waals surface area (Å²) in [4.78, 5) is 8.41. The SMILES string of the molecule is Cc1ncn(-c2ccnc(CCl)c2)c1C. The predicted molar refractivity (Wildman–Crippen MR) is 60.4 cm³/mol. The minimum Gasteiger partial charge on any atom is -0.303 e. The molecule has 0 spiro atoms. The van der Waals surface area contributed by atoms with Gasteiger partial charge in [0.15, 0.2) is 0 Å². The Kier molecular flexibility index (Phi) is 2.73. The van der Waals surface area contributed by atoms with E-state index in [0.29, 0.717) is 5.88 Å². The zero-order valence-corrected chi connectivity index (χ0v) is 9.49. The molecule has 0 aliphatic carbocycles. The van der Waals surface area contributed by atoms with Gasteiger partial charge in [-0.05, 0) is 26.0 Å². The largest absolute Gasteiger partial charge is 0.303 e. The molecule has 0 amide bonds. The Morgan fingerprint density at radius 2 is 2.13 bits per heavy atom. The van der Waals surface area contributed by atoms with E-state index < -0.39 is 0 Å². The second kappa shape index (κ2) is 4.03. The van der Waals surface area contributed by atoms with Gasteiger partial charge in [0, 0.05) is 11.9 Å². The van der Waals surface area contributed by atoms with Gasteiger partial charge in [-0.3, -0.25) is 4.98 Å². The fraction of sp³-hybridized carbons (Fsp3) is 0.273. The van der Waals surface area contributed by atoms with E-state index >= 15 is 0 Å². The maximum atomic E-state index is 5.74. The molecule has 2 rings (SSSR count). The van der Waals surface area contributed by atoms with Crippen LogP contribution in [-0.2, 0) is 5.88 Å². The number of alkyl halides is 1. The number of imidazole rings is 1. The van der Waals surface area contributed by atoms with Gasteiger partial charge in [0.1, 0.15) is 0 Å². The van der Waals surface area contributed by atoms with Crippen LogP contribution in [0.4, 0.5) is 0 Å². The Balaban J connectivity index is 2.49. The highest BCUT2D eigenvalue weighted by Crippen LogP contribution is 2.14. The summed E-state index contributed by atoms with van der Waals surface area (Å²) < 4.78 is 2.03. The maximum absolute atomic E-state index is 5.74. The number of nitrogens with zero attached hydrogens (tertiary/aromatic N) is 3. The van der Waals surface area contributed by atoms with E-state index in [4.69, 9.17) is 11.6 Å². The molecule has 0 saturated carbocycles. The minimum atomic E-state index is 0.431. The zero-order chi connectivity index (χ0) is 10.8. The molecule has 0 radical (unpaired) electrons. The van der Waals surface area contributed by atoms with Crippen molar-refractivity contribution in [2.75, 3.05) is 0 Å². The van der Waals surface area contributed by atoms with Crippen molar-refractivity contribution < 1.29 is 0 Å². The first kappa shape index (κ1) is 10.2. The number of rotatable bonds is 2. The number of halogens is 1. The lowest BCUT2D eigenvalue weighted by Crippen LogP contribution is -1.97. The number of aromatic nitrogens is 3. The second-order valence-corrected chi connectivity index (χ2v) is 3.69. The van der Waals surface area contributed by atoms with Gasteiger partial charge in [0.25, 0.3) is 0 Å². The van der Waals surface area contributed by atoms with Crippen LogP contribution >= 0.6 is 11.6 Å². The number of hydrogen-bond acceptors (Lipinski definition) is 2. The van der Waals surface area contributed by atoms with Crippen molar-refractivity contribution in [2.45, 2.75) is 19.7 Å². The summed E-state index contributed by atoms with van der Waals surface area (Å²) in [5, 5.41) is 0. The molecular weight excluding hydrogens is 210 g/mol. The third-order valence-electron chi connectivity index (χ3n) is 2.47. The molecule has 0 saturated heterocycles. The monoisotopic (exact) mass is 221 g/mol. The highest BCUT2D eigenvalue weighted by atomic mass is 35.5. The van der Waals surface area contributed by atoms with Crippen molar-refractivity contribution in [2.24, 2.45) is 0 Å². The van der Waals surface area contributed by atoms with E-state index in [2.05, 4.69) is 9.97 Å². The molecule has 2 heterocycles. The summed E-state index contributed by atoms with van der Waals surface area (Å²) in [6.07, 6.45) is 3.58. The van der Waals surface area contributed by atoms with E-state index in [1.165, 1.54) is 0 Å². The molecule has 0 aliphatic rings. The molecule has 15 heavy (non-hydrogen) atoms. The summed E-state index contributed by atoms with van der Waals surface area (Å²) in [5.74, 6) is 0.431. The lowest BCUT2D eigenvalue weighted by Gasteiger charge is -2.06. The molecule has 0 aromatic carbocycles. The Labute approximate surface area is 93.7 Å². The van der Waals surface area contributed by atoms with Gasteiger partial charge in [0.2, 0.25) is 0 Å². The first-order valence-electron chi connectivity index (χ1n) is 4.74. The van der Waals surface area contributed by atoms with E-state index in [1.807, 2.05) is 36.9 Å². The molecule has 78 valence electrons. The third-order valence-corrected chi connectivity index (χ3v) is 2.74. The zero-order valence-electron chi connectivity index (χ0n) is 8.74. The van der Waals surface area contributed by atoms with Crippen molar-refractivity contribution in [3.63, 3.8) is 0 Å². The molecule has 4 heteroatoms. The molecule has 0 bridgehead atoms. The summed E-state index contributed by atoms with van der Waals surface area (Å²) in [7, 11) is 0. The summed E-state index contributed by atoms with van der Waals surface area (Å²) >= 11 is 5.74. The van der Waals surface area contributed by atoms with Gasteiger partial charge in [-0.2, -0.15) is 0 Å². The number of hydrogen-bond donors (Lipinski definition) is 0. The smallest absolute Gasteiger partial charge is 0.0997 e. The molecule has 2 aromatic heterocycles. The number of pyridine rings is 1. The van der Waals surface area contributed by atoms with E-state index in [0.717, 1.165) is 22.8 Å². The Morgan fingerprint density at radius 3 is 2.73 bits per heavy atom. The molecule has 0 atom stereocenters. The van der Waals surface area contributed by atoms with Crippen LogP contribution in [0.15, 0.2) is 24.7 Å². The van der Waals surface area contributed by atoms with Gasteiger partial charge in [-0.1, -0.05) is 0 Å². The van der Waals surface area contributed by atoms with Crippen LogP contribution in [0, 0.1) is 13.8 Å². The average Bonchev–Trinajstić information content (AvgIpc) is 2.60. The normalized spacial score (nSPS) is 10.6. The predicted octanol–water partition coefficient (Wildman–Crippen LogP) is 2.62. The molecule has 0 aliphatic heterocycles. The van der Waals surface area contributed by atoms with E-state index in [-0.39, 0.29) is 0 Å². The third kappa shape index (κ3) is 1.88. The second-order valence-electron chi connectivity index (χ2n) is 3.42. The van der Waals surface area contributed by atoms with Crippen LogP contribution in [0.5, 0.6) is 0 Å². The van der Waals surface area contributed by atoms with Crippen molar-refractivity contribution in [1.82, 2.24) is 14.5 Å². The Morgan fingerprint density at radius 1 is 1.33 bits per heavy atom. The lowest BCUT2D eigenvalue weighted by atomic mass is 10.3. The highest BCUT2D eigenvalue weighted by Gasteiger charge is 2.04. The summed E-state index contributed by atoms with van der Waals surface area (Å²) in [6, 6.07) is 3.92. The summed E-state index contributed by atoms with van der Waals surface area (Å²) in [6.45, 7) is 4.04. The van der Waals surface area contributed by atoms with Crippen LogP contribution in [0.25, 0.3) is 5.69 Å². The topological polar surface area (TPSA) is 30.7 Å². The fourth-order valence-electron chi connectivity index (χ4n) is 1.45. The maximum Gasteiger partial charge on any atom is 0.0997 e. The van der Waals surface area contributed by atoms with Crippen LogP contribution in [0.1, 0.15) is 17.1 Å². The number of aryl methyl sites for hydroxylation is 1. The first-order valence-corrected chi connectivity index (χ1v) is 5.27. The molecule has 0 N–H and O–H groups in total. The first-order chi connectivity index (χ1) is 7.22. The van der Waals surface area contributed by atoms with Crippen LogP contribution < -0.4 is 0 Å². The summed E-state index contributed by atoms with van der Waals surface area (Å²) in [5.41, 5.74) is 4.11. The van der Waals surface area contributed by atoms with Gasteiger partial charge in [-0.15, -0.1) is 11.6 Å².